The average Bonchev–Trinajstić information content (AvgIpc) is 2.29. The van der Waals surface area contributed by atoms with Gasteiger partial charge in [-0.1, -0.05) is 24.3 Å². The van der Waals surface area contributed by atoms with E-state index < -0.39 is 0 Å². The van der Waals surface area contributed by atoms with Gasteiger partial charge >= 0.3 is 0 Å². The second-order valence-electron chi connectivity index (χ2n) is 3.15. The van der Waals surface area contributed by atoms with E-state index in [0.29, 0.717) is 5.82 Å². The Labute approximate surface area is 93.5 Å². The number of anilines is 1. The Morgan fingerprint density at radius 3 is 2.60 bits per heavy atom. The smallest absolute Gasteiger partial charge is 0.124 e. The molecule has 15 heavy (non-hydrogen) atoms. The van der Waals surface area contributed by atoms with Crippen LogP contribution in [0.2, 0.25) is 0 Å². The number of thioether (sulfide) groups is 1. The molecule has 0 fully saturated rings. The van der Waals surface area contributed by atoms with Gasteiger partial charge in [0.25, 0.3) is 0 Å². The number of aromatic nitrogens is 1. The number of hydrogen-bond donors (Lipinski definition) is 1. The lowest BCUT2D eigenvalue weighted by Gasteiger charge is -2.06. The number of nitrogens with zero attached hydrogens (tertiary/aromatic N) is 1. The van der Waals surface area contributed by atoms with Crippen molar-refractivity contribution in [2.75, 3.05) is 12.0 Å². The average molecular weight is 216 g/mol. The molecule has 2 rings (SSSR count). The number of rotatable bonds is 2. The summed E-state index contributed by atoms with van der Waals surface area (Å²) in [6.45, 7) is 0. The van der Waals surface area contributed by atoms with Crippen molar-refractivity contribution in [1.29, 1.82) is 0 Å². The summed E-state index contributed by atoms with van der Waals surface area (Å²) >= 11 is 1.72. The molecule has 2 nitrogen and oxygen atoms in total. The Balaban J connectivity index is 2.53. The number of hydrogen-bond acceptors (Lipinski definition) is 3. The molecule has 0 spiro atoms. The molecular formula is C12H12N2S. The molecule has 0 aliphatic carbocycles. The number of benzene rings is 1. The molecule has 0 atom stereocenters. The van der Waals surface area contributed by atoms with E-state index in [1.165, 1.54) is 4.90 Å². The van der Waals surface area contributed by atoms with Crippen molar-refractivity contribution in [2.24, 2.45) is 0 Å². The zero-order valence-corrected chi connectivity index (χ0v) is 9.29. The minimum Gasteiger partial charge on any atom is -0.384 e. The van der Waals surface area contributed by atoms with Gasteiger partial charge in [-0.2, -0.15) is 0 Å². The molecule has 0 aliphatic rings. The van der Waals surface area contributed by atoms with Crippen LogP contribution >= 0.6 is 11.8 Å². The summed E-state index contributed by atoms with van der Waals surface area (Å²) in [4.78, 5) is 5.53. The maximum atomic E-state index is 5.67. The monoisotopic (exact) mass is 216 g/mol. The molecule has 1 aromatic carbocycles. The van der Waals surface area contributed by atoms with Crippen molar-refractivity contribution >= 4 is 17.6 Å². The van der Waals surface area contributed by atoms with E-state index in [4.69, 9.17) is 5.73 Å². The van der Waals surface area contributed by atoms with E-state index >= 15 is 0 Å². The van der Waals surface area contributed by atoms with Crippen LogP contribution in [-0.2, 0) is 0 Å². The van der Waals surface area contributed by atoms with E-state index in [-0.39, 0.29) is 0 Å². The maximum Gasteiger partial charge on any atom is 0.124 e. The van der Waals surface area contributed by atoms with Crippen molar-refractivity contribution in [2.45, 2.75) is 4.90 Å². The highest BCUT2D eigenvalue weighted by Gasteiger charge is 2.04. The molecule has 1 heterocycles. The molecule has 0 aliphatic heterocycles. The van der Waals surface area contributed by atoms with E-state index in [1.54, 1.807) is 17.8 Å². The topological polar surface area (TPSA) is 38.9 Å². The Bertz CT molecular complexity index is 469. The first-order valence-corrected chi connectivity index (χ1v) is 5.89. The first-order chi connectivity index (χ1) is 7.31. The Kier molecular flexibility index (Phi) is 2.92. The van der Waals surface area contributed by atoms with Crippen LogP contribution in [0.1, 0.15) is 0 Å². The molecule has 0 saturated heterocycles. The van der Waals surface area contributed by atoms with Crippen LogP contribution in [0.3, 0.4) is 0 Å². The SMILES string of the molecule is CSc1ccccc1-c1cccc(N)n1. The predicted molar refractivity (Wildman–Crippen MR) is 65.9 cm³/mol. The lowest BCUT2D eigenvalue weighted by Crippen LogP contribution is -1.92. The van der Waals surface area contributed by atoms with Crippen LogP contribution in [0.15, 0.2) is 47.4 Å². The Morgan fingerprint density at radius 2 is 1.87 bits per heavy atom. The van der Waals surface area contributed by atoms with Gasteiger partial charge in [0.15, 0.2) is 0 Å². The molecule has 0 saturated carbocycles. The van der Waals surface area contributed by atoms with Crippen LogP contribution < -0.4 is 5.73 Å². The molecule has 0 radical (unpaired) electrons. The molecule has 0 bridgehead atoms. The zero-order chi connectivity index (χ0) is 10.7. The zero-order valence-electron chi connectivity index (χ0n) is 8.47. The van der Waals surface area contributed by atoms with Crippen molar-refractivity contribution in [3.8, 4) is 11.3 Å². The van der Waals surface area contributed by atoms with E-state index in [9.17, 15) is 0 Å². The quantitative estimate of drug-likeness (QED) is 0.784. The molecule has 1 aromatic heterocycles. The van der Waals surface area contributed by atoms with Crippen LogP contribution in [0, 0.1) is 0 Å². The summed E-state index contributed by atoms with van der Waals surface area (Å²) in [5, 5.41) is 0. The summed E-state index contributed by atoms with van der Waals surface area (Å²) < 4.78 is 0. The van der Waals surface area contributed by atoms with Crippen LogP contribution in [0.25, 0.3) is 11.3 Å². The van der Waals surface area contributed by atoms with Crippen molar-refractivity contribution < 1.29 is 0 Å². The third kappa shape index (κ3) is 2.13. The lowest BCUT2D eigenvalue weighted by atomic mass is 10.1. The number of nitrogen functional groups attached to an aromatic ring is 1. The molecular weight excluding hydrogens is 204 g/mol. The van der Waals surface area contributed by atoms with Crippen LogP contribution in [0.4, 0.5) is 5.82 Å². The molecule has 0 amide bonds. The van der Waals surface area contributed by atoms with Gasteiger partial charge in [0.05, 0.1) is 5.69 Å². The Hall–Kier alpha value is -1.48. The van der Waals surface area contributed by atoms with Gasteiger partial charge in [-0.05, 0) is 24.5 Å². The molecule has 2 aromatic rings. The highest BCUT2D eigenvalue weighted by Crippen LogP contribution is 2.28. The fourth-order valence-electron chi connectivity index (χ4n) is 1.46. The van der Waals surface area contributed by atoms with E-state index in [1.807, 2.05) is 24.3 Å². The second-order valence-corrected chi connectivity index (χ2v) is 4.00. The minimum atomic E-state index is 0.559. The first-order valence-electron chi connectivity index (χ1n) is 4.67. The molecule has 76 valence electrons. The van der Waals surface area contributed by atoms with Crippen molar-refractivity contribution in [1.82, 2.24) is 4.98 Å². The fourth-order valence-corrected chi connectivity index (χ4v) is 2.06. The number of pyridine rings is 1. The van der Waals surface area contributed by atoms with Gasteiger partial charge < -0.3 is 5.73 Å². The lowest BCUT2D eigenvalue weighted by molar-refractivity contribution is 1.30. The van der Waals surface area contributed by atoms with Crippen LogP contribution in [0.5, 0.6) is 0 Å². The van der Waals surface area contributed by atoms with Gasteiger partial charge in [-0.25, -0.2) is 4.98 Å². The predicted octanol–water partition coefficient (Wildman–Crippen LogP) is 3.05. The van der Waals surface area contributed by atoms with Gasteiger partial charge in [-0.3, -0.25) is 0 Å². The van der Waals surface area contributed by atoms with Gasteiger partial charge in [0.2, 0.25) is 0 Å². The first kappa shape index (κ1) is 10.1. The normalized spacial score (nSPS) is 10.2. The summed E-state index contributed by atoms with van der Waals surface area (Å²) in [7, 11) is 0. The highest BCUT2D eigenvalue weighted by molar-refractivity contribution is 7.98. The van der Waals surface area contributed by atoms with Gasteiger partial charge in [0, 0.05) is 10.5 Å². The third-order valence-corrected chi connectivity index (χ3v) is 2.95. The summed E-state index contributed by atoms with van der Waals surface area (Å²) in [5.41, 5.74) is 7.74. The third-order valence-electron chi connectivity index (χ3n) is 2.15. The largest absolute Gasteiger partial charge is 0.384 e. The maximum absolute atomic E-state index is 5.67. The van der Waals surface area contributed by atoms with E-state index in [0.717, 1.165) is 11.3 Å². The molecule has 0 unspecified atom stereocenters. The van der Waals surface area contributed by atoms with E-state index in [2.05, 4.69) is 23.4 Å². The fraction of sp³-hybridized carbons (Fsp3) is 0.0833. The number of nitrogens with two attached hydrogens (primary N) is 1. The summed E-state index contributed by atoms with van der Waals surface area (Å²) in [6, 6.07) is 13.9. The standard InChI is InChI=1S/C12H12N2S/c1-15-11-7-3-2-5-9(11)10-6-4-8-12(13)14-10/h2-8H,1H3,(H2,13,14). The second kappa shape index (κ2) is 4.36. The Morgan fingerprint density at radius 1 is 1.07 bits per heavy atom. The van der Waals surface area contributed by atoms with Crippen molar-refractivity contribution in [3.63, 3.8) is 0 Å². The van der Waals surface area contributed by atoms with Gasteiger partial charge in [0.1, 0.15) is 5.82 Å². The highest BCUT2D eigenvalue weighted by atomic mass is 32.2. The molecule has 3 heteroatoms. The van der Waals surface area contributed by atoms with Crippen molar-refractivity contribution in [3.05, 3.63) is 42.5 Å². The van der Waals surface area contributed by atoms with Gasteiger partial charge in [-0.15, -0.1) is 11.8 Å². The summed E-state index contributed by atoms with van der Waals surface area (Å²) in [6.07, 6.45) is 2.06. The summed E-state index contributed by atoms with van der Waals surface area (Å²) in [5.74, 6) is 0.559. The van der Waals surface area contributed by atoms with Crippen LogP contribution in [-0.4, -0.2) is 11.2 Å². The minimum absolute atomic E-state index is 0.559. The molecule has 2 N–H and O–H groups in total.